The van der Waals surface area contributed by atoms with E-state index in [9.17, 15) is 0 Å². The number of nitrogens with zero attached hydrogens (tertiary/aromatic N) is 1. The van der Waals surface area contributed by atoms with Crippen LogP contribution >= 0.6 is 11.3 Å². The van der Waals surface area contributed by atoms with Crippen molar-refractivity contribution in [1.82, 2.24) is 10.3 Å². The first-order valence-electron chi connectivity index (χ1n) is 6.30. The monoisotopic (exact) mass is 256 g/mol. The van der Waals surface area contributed by atoms with E-state index in [1.54, 1.807) is 11.3 Å². The molecule has 0 spiro atoms. The molecule has 0 aliphatic carbocycles. The molecular weight excluding hydrogens is 232 g/mol. The van der Waals surface area contributed by atoms with Crippen molar-refractivity contribution in [3.63, 3.8) is 0 Å². The Morgan fingerprint density at radius 3 is 2.65 bits per heavy atom. The molecule has 1 rings (SSSR count). The van der Waals surface area contributed by atoms with Gasteiger partial charge in [0.1, 0.15) is 0 Å². The maximum atomic E-state index is 8.65. The van der Waals surface area contributed by atoms with Gasteiger partial charge in [-0.2, -0.15) is 0 Å². The Bertz CT molecular complexity index is 317. The summed E-state index contributed by atoms with van der Waals surface area (Å²) in [5, 5.41) is 15.4. The molecule has 0 atom stereocenters. The summed E-state index contributed by atoms with van der Waals surface area (Å²) >= 11 is 1.74. The molecule has 4 heteroatoms. The molecule has 0 saturated heterocycles. The summed E-state index contributed by atoms with van der Waals surface area (Å²) in [7, 11) is 0. The van der Waals surface area contributed by atoms with Crippen molar-refractivity contribution in [2.75, 3.05) is 13.2 Å². The summed E-state index contributed by atoms with van der Waals surface area (Å²) in [5.74, 6) is 0. The lowest BCUT2D eigenvalue weighted by Gasteiger charge is -2.13. The van der Waals surface area contributed by atoms with E-state index in [2.05, 4.69) is 36.5 Å². The lowest BCUT2D eigenvalue weighted by molar-refractivity contribution is 0.283. The van der Waals surface area contributed by atoms with E-state index in [0.717, 1.165) is 38.0 Å². The number of aliphatic hydroxyl groups excluding tert-OH is 1. The van der Waals surface area contributed by atoms with Crippen LogP contribution in [-0.4, -0.2) is 23.2 Å². The molecule has 0 saturated carbocycles. The van der Waals surface area contributed by atoms with Crippen LogP contribution in [0.1, 0.15) is 50.7 Å². The van der Waals surface area contributed by atoms with Crippen LogP contribution < -0.4 is 5.32 Å². The third-order valence-electron chi connectivity index (χ3n) is 2.51. The van der Waals surface area contributed by atoms with Crippen molar-refractivity contribution in [3.05, 3.63) is 16.1 Å². The van der Waals surface area contributed by atoms with Crippen LogP contribution in [0.4, 0.5) is 0 Å². The molecule has 0 aromatic carbocycles. The van der Waals surface area contributed by atoms with E-state index in [1.807, 2.05) is 0 Å². The van der Waals surface area contributed by atoms with Gasteiger partial charge in [0.2, 0.25) is 0 Å². The normalized spacial score (nSPS) is 12.0. The van der Waals surface area contributed by atoms with Crippen LogP contribution in [0.3, 0.4) is 0 Å². The third kappa shape index (κ3) is 5.61. The number of aliphatic hydroxyl groups is 1. The molecule has 1 aromatic rings. The van der Waals surface area contributed by atoms with E-state index >= 15 is 0 Å². The molecular formula is C13H24N2OS. The molecule has 0 radical (unpaired) electrons. The van der Waals surface area contributed by atoms with Gasteiger partial charge in [-0.3, -0.25) is 0 Å². The van der Waals surface area contributed by atoms with E-state index < -0.39 is 0 Å². The van der Waals surface area contributed by atoms with E-state index in [4.69, 9.17) is 5.11 Å². The predicted octanol–water partition coefficient (Wildman–Crippen LogP) is 2.69. The lowest BCUT2D eigenvalue weighted by Crippen LogP contribution is -2.16. The van der Waals surface area contributed by atoms with Gasteiger partial charge < -0.3 is 10.4 Å². The fourth-order valence-corrected chi connectivity index (χ4v) is 2.39. The lowest BCUT2D eigenvalue weighted by atomic mass is 9.98. The Hall–Kier alpha value is -0.450. The smallest absolute Gasteiger partial charge is 0.0982 e. The Morgan fingerprint density at radius 2 is 2.06 bits per heavy atom. The zero-order valence-electron chi connectivity index (χ0n) is 11.1. The number of hydrogen-bond acceptors (Lipinski definition) is 4. The van der Waals surface area contributed by atoms with Gasteiger partial charge in [0.15, 0.2) is 0 Å². The van der Waals surface area contributed by atoms with E-state index in [1.165, 1.54) is 5.01 Å². The number of nitrogens with one attached hydrogen (secondary N) is 1. The topological polar surface area (TPSA) is 45.2 Å². The van der Waals surface area contributed by atoms with Crippen LogP contribution in [0.2, 0.25) is 0 Å². The highest BCUT2D eigenvalue weighted by Gasteiger charge is 2.17. The van der Waals surface area contributed by atoms with Crippen molar-refractivity contribution in [1.29, 1.82) is 0 Å². The SMILES string of the molecule is CC(C)(C)c1nc(CNCCCCCO)cs1. The van der Waals surface area contributed by atoms with Crippen molar-refractivity contribution >= 4 is 11.3 Å². The highest BCUT2D eigenvalue weighted by molar-refractivity contribution is 7.09. The minimum Gasteiger partial charge on any atom is -0.396 e. The van der Waals surface area contributed by atoms with Gasteiger partial charge in [-0.05, 0) is 25.8 Å². The van der Waals surface area contributed by atoms with Crippen molar-refractivity contribution in [2.24, 2.45) is 0 Å². The second-order valence-corrected chi connectivity index (χ2v) is 6.21. The van der Waals surface area contributed by atoms with Crippen LogP contribution in [0, 0.1) is 0 Å². The fourth-order valence-electron chi connectivity index (χ4n) is 1.49. The summed E-state index contributed by atoms with van der Waals surface area (Å²) in [4.78, 5) is 4.63. The highest BCUT2D eigenvalue weighted by atomic mass is 32.1. The van der Waals surface area contributed by atoms with E-state index in [-0.39, 0.29) is 5.41 Å². The summed E-state index contributed by atoms with van der Waals surface area (Å²) < 4.78 is 0. The van der Waals surface area contributed by atoms with Crippen LogP contribution in [0.5, 0.6) is 0 Å². The van der Waals surface area contributed by atoms with Crippen LogP contribution in [0.15, 0.2) is 5.38 Å². The molecule has 1 aromatic heterocycles. The number of thiazole rings is 1. The van der Waals surface area contributed by atoms with Gasteiger partial charge in [-0.1, -0.05) is 20.8 Å². The number of rotatable bonds is 7. The Balaban J connectivity index is 2.21. The quantitative estimate of drug-likeness (QED) is 0.737. The van der Waals surface area contributed by atoms with Crippen molar-refractivity contribution in [3.8, 4) is 0 Å². The predicted molar refractivity (Wildman–Crippen MR) is 73.5 cm³/mol. The maximum Gasteiger partial charge on any atom is 0.0982 e. The van der Waals surface area contributed by atoms with Gasteiger partial charge >= 0.3 is 0 Å². The minimum absolute atomic E-state index is 0.157. The fraction of sp³-hybridized carbons (Fsp3) is 0.769. The van der Waals surface area contributed by atoms with Crippen molar-refractivity contribution in [2.45, 2.75) is 52.0 Å². The summed E-state index contributed by atoms with van der Waals surface area (Å²) in [6.45, 7) is 8.74. The standard InChI is InChI=1S/C13H24N2OS/c1-13(2,3)12-15-11(10-17-12)9-14-7-5-4-6-8-16/h10,14,16H,4-9H2,1-3H3. The minimum atomic E-state index is 0.157. The van der Waals surface area contributed by atoms with Gasteiger partial charge in [0, 0.05) is 23.9 Å². The molecule has 0 unspecified atom stereocenters. The Kier molecular flexibility index (Phi) is 6.09. The zero-order valence-corrected chi connectivity index (χ0v) is 11.9. The molecule has 0 aliphatic rings. The van der Waals surface area contributed by atoms with Crippen LogP contribution in [-0.2, 0) is 12.0 Å². The second kappa shape index (κ2) is 7.09. The van der Waals surface area contributed by atoms with Gasteiger partial charge in [0.25, 0.3) is 0 Å². The third-order valence-corrected chi connectivity index (χ3v) is 3.83. The largest absolute Gasteiger partial charge is 0.396 e. The summed E-state index contributed by atoms with van der Waals surface area (Å²) in [6, 6.07) is 0. The van der Waals surface area contributed by atoms with Gasteiger partial charge in [-0.15, -0.1) is 11.3 Å². The molecule has 0 bridgehead atoms. The molecule has 1 heterocycles. The first-order chi connectivity index (χ1) is 8.04. The van der Waals surface area contributed by atoms with Crippen LogP contribution in [0.25, 0.3) is 0 Å². The first kappa shape index (κ1) is 14.6. The number of hydrogen-bond donors (Lipinski definition) is 2. The highest BCUT2D eigenvalue weighted by Crippen LogP contribution is 2.25. The molecule has 0 amide bonds. The summed E-state index contributed by atoms with van der Waals surface area (Å²) in [5.41, 5.74) is 1.30. The van der Waals surface area contributed by atoms with E-state index in [0.29, 0.717) is 6.61 Å². The molecule has 17 heavy (non-hydrogen) atoms. The van der Waals surface area contributed by atoms with Crippen molar-refractivity contribution < 1.29 is 5.11 Å². The van der Waals surface area contributed by atoms with Gasteiger partial charge in [-0.25, -0.2) is 4.98 Å². The molecule has 0 fully saturated rings. The maximum absolute atomic E-state index is 8.65. The number of unbranched alkanes of at least 4 members (excludes halogenated alkanes) is 2. The Labute approximate surface area is 108 Å². The molecule has 3 nitrogen and oxygen atoms in total. The molecule has 2 N–H and O–H groups in total. The average molecular weight is 256 g/mol. The molecule has 0 aliphatic heterocycles. The molecule has 98 valence electrons. The zero-order chi connectivity index (χ0) is 12.7. The first-order valence-corrected chi connectivity index (χ1v) is 7.18. The average Bonchev–Trinajstić information content (AvgIpc) is 2.71. The Morgan fingerprint density at radius 1 is 1.29 bits per heavy atom. The van der Waals surface area contributed by atoms with Gasteiger partial charge in [0.05, 0.1) is 10.7 Å². The number of aromatic nitrogens is 1. The summed E-state index contributed by atoms with van der Waals surface area (Å²) in [6.07, 6.45) is 3.12. The second-order valence-electron chi connectivity index (χ2n) is 5.36.